The van der Waals surface area contributed by atoms with Crippen molar-refractivity contribution >= 4 is 17.3 Å². The van der Waals surface area contributed by atoms with Gasteiger partial charge in [0.1, 0.15) is 17.8 Å². The van der Waals surface area contributed by atoms with Gasteiger partial charge in [-0.1, -0.05) is 18.5 Å². The smallest absolute Gasteiger partial charge is 0.166 e. The number of aryl methyl sites for hydroxylation is 1. The highest BCUT2D eigenvalue weighted by atomic mass is 35.5. The molecule has 0 radical (unpaired) electrons. The molecule has 2 aromatic heterocycles. The molecule has 2 rings (SSSR count). The molecule has 5 nitrogen and oxygen atoms in total. The summed E-state index contributed by atoms with van der Waals surface area (Å²) in [4.78, 5) is 12.1. The van der Waals surface area contributed by atoms with Crippen LogP contribution in [-0.2, 0) is 6.42 Å². The highest BCUT2D eigenvalue weighted by Gasteiger charge is 2.10. The maximum absolute atomic E-state index is 5.82. The second-order valence-electron chi connectivity index (χ2n) is 2.97. The van der Waals surface area contributed by atoms with E-state index >= 15 is 0 Å². The van der Waals surface area contributed by atoms with Crippen LogP contribution in [-0.4, -0.2) is 19.5 Å². The summed E-state index contributed by atoms with van der Waals surface area (Å²) in [6.45, 7) is 2.01. The highest BCUT2D eigenvalue weighted by Crippen LogP contribution is 2.21. The summed E-state index contributed by atoms with van der Waals surface area (Å²) in [6, 6.07) is 0. The molecule has 0 aliphatic carbocycles. The predicted octanol–water partition coefficient (Wildman–Crippen LogP) is 1.46. The number of anilines is 1. The lowest BCUT2D eigenvalue weighted by Crippen LogP contribution is -2.06. The SMILES string of the molecule is CCc1nccn1-c1ncnc(Cl)c1N. The van der Waals surface area contributed by atoms with Gasteiger partial charge in [0.2, 0.25) is 0 Å². The van der Waals surface area contributed by atoms with Gasteiger partial charge in [-0.25, -0.2) is 15.0 Å². The normalized spacial score (nSPS) is 10.5. The lowest BCUT2D eigenvalue weighted by atomic mass is 10.4. The summed E-state index contributed by atoms with van der Waals surface area (Å²) in [5, 5.41) is 0.260. The van der Waals surface area contributed by atoms with Gasteiger partial charge in [0.05, 0.1) is 0 Å². The van der Waals surface area contributed by atoms with Crippen LogP contribution in [0.5, 0.6) is 0 Å². The van der Waals surface area contributed by atoms with Gasteiger partial charge in [-0.2, -0.15) is 0 Å². The summed E-state index contributed by atoms with van der Waals surface area (Å²) >= 11 is 5.82. The maximum atomic E-state index is 5.82. The fraction of sp³-hybridized carbons (Fsp3) is 0.222. The summed E-state index contributed by atoms with van der Waals surface area (Å²) in [7, 11) is 0. The van der Waals surface area contributed by atoms with E-state index in [-0.39, 0.29) is 5.15 Å². The third-order valence-corrected chi connectivity index (χ3v) is 2.38. The second kappa shape index (κ2) is 3.86. The molecule has 0 saturated carbocycles. The number of nitrogens with zero attached hydrogens (tertiary/aromatic N) is 4. The van der Waals surface area contributed by atoms with Crippen molar-refractivity contribution in [2.24, 2.45) is 0 Å². The minimum absolute atomic E-state index is 0.260. The van der Waals surface area contributed by atoms with E-state index in [0.29, 0.717) is 11.5 Å². The maximum Gasteiger partial charge on any atom is 0.166 e. The Hall–Kier alpha value is -1.62. The first kappa shape index (κ1) is 9.92. The molecular weight excluding hydrogens is 214 g/mol. The molecule has 15 heavy (non-hydrogen) atoms. The first-order valence-electron chi connectivity index (χ1n) is 4.52. The standard InChI is InChI=1S/C9H10ClN5/c1-2-6-12-3-4-15(6)9-7(11)8(10)13-5-14-9/h3-5H,2,11H2,1H3. The van der Waals surface area contributed by atoms with Crippen LogP contribution in [0, 0.1) is 0 Å². The van der Waals surface area contributed by atoms with Crippen molar-refractivity contribution in [3.63, 3.8) is 0 Å². The molecule has 0 aliphatic rings. The number of nitrogen functional groups attached to an aromatic ring is 1. The van der Waals surface area contributed by atoms with Crippen LogP contribution >= 0.6 is 11.6 Å². The molecule has 78 valence electrons. The third kappa shape index (κ3) is 1.66. The van der Waals surface area contributed by atoms with E-state index in [0.717, 1.165) is 12.2 Å². The van der Waals surface area contributed by atoms with Crippen molar-refractivity contribution < 1.29 is 0 Å². The molecule has 0 fully saturated rings. The van der Waals surface area contributed by atoms with Crippen LogP contribution in [0.3, 0.4) is 0 Å². The number of hydrogen-bond acceptors (Lipinski definition) is 4. The molecule has 0 saturated heterocycles. The highest BCUT2D eigenvalue weighted by molar-refractivity contribution is 6.32. The fourth-order valence-corrected chi connectivity index (χ4v) is 1.47. The largest absolute Gasteiger partial charge is 0.393 e. The van der Waals surface area contributed by atoms with E-state index in [4.69, 9.17) is 17.3 Å². The molecule has 0 unspecified atom stereocenters. The fourth-order valence-electron chi connectivity index (χ4n) is 1.35. The summed E-state index contributed by atoms with van der Waals surface area (Å²) in [6.07, 6.45) is 5.68. The first-order valence-corrected chi connectivity index (χ1v) is 4.90. The van der Waals surface area contributed by atoms with Crippen LogP contribution in [0.4, 0.5) is 5.69 Å². The van der Waals surface area contributed by atoms with Gasteiger partial charge >= 0.3 is 0 Å². The zero-order valence-corrected chi connectivity index (χ0v) is 8.94. The molecule has 0 aromatic carbocycles. The Balaban J connectivity index is 2.59. The molecule has 0 bridgehead atoms. The quantitative estimate of drug-likeness (QED) is 0.783. The van der Waals surface area contributed by atoms with Crippen LogP contribution in [0.15, 0.2) is 18.7 Å². The number of aromatic nitrogens is 4. The number of halogens is 1. The van der Waals surface area contributed by atoms with Gasteiger partial charge in [-0.15, -0.1) is 0 Å². The Morgan fingerprint density at radius 1 is 1.40 bits per heavy atom. The summed E-state index contributed by atoms with van der Waals surface area (Å²) < 4.78 is 1.81. The zero-order chi connectivity index (χ0) is 10.8. The van der Waals surface area contributed by atoms with Gasteiger partial charge in [-0.05, 0) is 0 Å². The topological polar surface area (TPSA) is 69.6 Å². The molecule has 6 heteroatoms. The number of nitrogens with two attached hydrogens (primary N) is 1. The summed E-state index contributed by atoms with van der Waals surface area (Å²) in [5.41, 5.74) is 6.16. The molecule has 2 N–H and O–H groups in total. The van der Waals surface area contributed by atoms with Crippen molar-refractivity contribution in [3.05, 3.63) is 29.7 Å². The van der Waals surface area contributed by atoms with Gasteiger partial charge in [-0.3, -0.25) is 4.57 Å². The van der Waals surface area contributed by atoms with E-state index in [2.05, 4.69) is 15.0 Å². The van der Waals surface area contributed by atoms with Crippen LogP contribution in [0.25, 0.3) is 5.82 Å². The van der Waals surface area contributed by atoms with Crippen LogP contribution in [0.1, 0.15) is 12.7 Å². The Labute approximate surface area is 91.9 Å². The lowest BCUT2D eigenvalue weighted by Gasteiger charge is -2.08. The molecular formula is C9H10ClN5. The monoisotopic (exact) mass is 223 g/mol. The van der Waals surface area contributed by atoms with E-state index < -0.39 is 0 Å². The van der Waals surface area contributed by atoms with Gasteiger partial charge in [0, 0.05) is 18.8 Å². The summed E-state index contributed by atoms with van der Waals surface area (Å²) in [5.74, 6) is 1.46. The van der Waals surface area contributed by atoms with E-state index in [1.807, 2.05) is 11.5 Å². The van der Waals surface area contributed by atoms with Crippen molar-refractivity contribution in [1.29, 1.82) is 0 Å². The average molecular weight is 224 g/mol. The Kier molecular flexibility index (Phi) is 2.55. The molecule has 0 amide bonds. The molecule has 0 atom stereocenters. The zero-order valence-electron chi connectivity index (χ0n) is 8.18. The number of rotatable bonds is 2. The van der Waals surface area contributed by atoms with E-state index in [1.54, 1.807) is 12.4 Å². The minimum Gasteiger partial charge on any atom is -0.393 e. The average Bonchev–Trinajstić information content (AvgIpc) is 2.70. The van der Waals surface area contributed by atoms with Gasteiger partial charge < -0.3 is 5.73 Å². The van der Waals surface area contributed by atoms with Crippen molar-refractivity contribution in [3.8, 4) is 5.82 Å². The lowest BCUT2D eigenvalue weighted by molar-refractivity contribution is 0.864. The van der Waals surface area contributed by atoms with E-state index in [9.17, 15) is 0 Å². The predicted molar refractivity (Wildman–Crippen MR) is 58.0 cm³/mol. The molecule has 0 spiro atoms. The van der Waals surface area contributed by atoms with Crippen molar-refractivity contribution in [2.75, 3.05) is 5.73 Å². The first-order chi connectivity index (χ1) is 7.24. The van der Waals surface area contributed by atoms with E-state index in [1.165, 1.54) is 6.33 Å². The Morgan fingerprint density at radius 2 is 2.20 bits per heavy atom. The molecule has 0 aliphatic heterocycles. The Morgan fingerprint density at radius 3 is 2.93 bits per heavy atom. The van der Waals surface area contributed by atoms with Crippen molar-refractivity contribution in [1.82, 2.24) is 19.5 Å². The number of hydrogen-bond donors (Lipinski definition) is 1. The van der Waals surface area contributed by atoms with Crippen LogP contribution < -0.4 is 5.73 Å². The van der Waals surface area contributed by atoms with Gasteiger partial charge in [0.15, 0.2) is 11.0 Å². The molecule has 2 aromatic rings. The van der Waals surface area contributed by atoms with Crippen molar-refractivity contribution in [2.45, 2.75) is 13.3 Å². The van der Waals surface area contributed by atoms with Gasteiger partial charge in [0.25, 0.3) is 0 Å². The van der Waals surface area contributed by atoms with Crippen LogP contribution in [0.2, 0.25) is 5.15 Å². The molecule has 2 heterocycles. The second-order valence-corrected chi connectivity index (χ2v) is 3.33. The third-order valence-electron chi connectivity index (χ3n) is 2.08. The Bertz CT molecular complexity index is 479. The minimum atomic E-state index is 0.260. The number of imidazole rings is 1.